The Hall–Kier alpha value is -1.09. The molecule has 3 nitrogen and oxygen atoms in total. The number of furan rings is 1. The number of carbonyl (C=O) groups excluding carboxylic acids is 1. The van der Waals surface area contributed by atoms with Crippen molar-refractivity contribution < 1.29 is 9.21 Å². The molecule has 2 atom stereocenters. The van der Waals surface area contributed by atoms with E-state index in [1.165, 1.54) is 12.5 Å². The van der Waals surface area contributed by atoms with Crippen LogP contribution in [0.15, 0.2) is 23.0 Å². The van der Waals surface area contributed by atoms with Crippen molar-refractivity contribution in [2.45, 2.75) is 39.2 Å². The molecular weight excluding hydrogens is 190 g/mol. The van der Waals surface area contributed by atoms with Crippen molar-refractivity contribution in [2.75, 3.05) is 0 Å². The minimum atomic E-state index is 0.0568. The molecule has 0 aromatic carbocycles. The molecule has 1 heterocycles. The van der Waals surface area contributed by atoms with Gasteiger partial charge in [0.25, 0.3) is 0 Å². The Labute approximate surface area is 90.6 Å². The van der Waals surface area contributed by atoms with Crippen LogP contribution in [-0.2, 0) is 0 Å². The van der Waals surface area contributed by atoms with Gasteiger partial charge in [-0.2, -0.15) is 0 Å². The third-order valence-corrected chi connectivity index (χ3v) is 2.55. The van der Waals surface area contributed by atoms with Gasteiger partial charge in [0.1, 0.15) is 6.26 Å². The molecule has 2 unspecified atom stereocenters. The van der Waals surface area contributed by atoms with Crippen molar-refractivity contribution in [3.05, 3.63) is 24.2 Å². The van der Waals surface area contributed by atoms with Crippen LogP contribution in [0, 0.1) is 5.92 Å². The van der Waals surface area contributed by atoms with Gasteiger partial charge >= 0.3 is 0 Å². The van der Waals surface area contributed by atoms with E-state index in [0.717, 1.165) is 19.3 Å². The Morgan fingerprint density at radius 2 is 2.20 bits per heavy atom. The highest BCUT2D eigenvalue weighted by Gasteiger charge is 2.15. The second-order valence-electron chi connectivity index (χ2n) is 4.19. The van der Waals surface area contributed by atoms with Crippen molar-refractivity contribution in [1.29, 1.82) is 0 Å². The average molecular weight is 209 g/mol. The highest BCUT2D eigenvalue weighted by atomic mass is 16.3. The van der Waals surface area contributed by atoms with E-state index in [9.17, 15) is 4.79 Å². The normalized spacial score (nSPS) is 14.9. The number of ketones is 1. The molecule has 1 rings (SSSR count). The van der Waals surface area contributed by atoms with Crippen molar-refractivity contribution in [1.82, 2.24) is 0 Å². The summed E-state index contributed by atoms with van der Waals surface area (Å²) in [5.74, 6) is 0.217. The van der Waals surface area contributed by atoms with Crippen LogP contribution in [0.4, 0.5) is 0 Å². The van der Waals surface area contributed by atoms with Gasteiger partial charge in [-0.3, -0.25) is 4.79 Å². The van der Waals surface area contributed by atoms with Gasteiger partial charge in [0, 0.05) is 12.0 Å². The van der Waals surface area contributed by atoms with Crippen LogP contribution in [0.2, 0.25) is 0 Å². The zero-order chi connectivity index (χ0) is 11.3. The molecule has 0 radical (unpaired) electrons. The first kappa shape index (κ1) is 12.0. The quantitative estimate of drug-likeness (QED) is 0.733. The minimum Gasteiger partial charge on any atom is -0.472 e. The number of rotatable bonds is 6. The minimum absolute atomic E-state index is 0.0568. The van der Waals surface area contributed by atoms with Gasteiger partial charge in [-0.25, -0.2) is 0 Å². The summed E-state index contributed by atoms with van der Waals surface area (Å²) in [4.78, 5) is 11.8. The molecule has 1 aromatic rings. The molecule has 0 aliphatic rings. The zero-order valence-electron chi connectivity index (χ0n) is 9.40. The predicted octanol–water partition coefficient (Wildman–Crippen LogP) is 2.62. The van der Waals surface area contributed by atoms with Gasteiger partial charge in [-0.1, -0.05) is 13.3 Å². The molecule has 0 aliphatic carbocycles. The third-order valence-electron chi connectivity index (χ3n) is 2.55. The summed E-state index contributed by atoms with van der Waals surface area (Å²) in [6.07, 6.45) is 5.91. The van der Waals surface area contributed by atoms with Crippen LogP contribution < -0.4 is 5.73 Å². The molecule has 0 amide bonds. The molecule has 84 valence electrons. The molecule has 0 bridgehead atoms. The van der Waals surface area contributed by atoms with Crippen molar-refractivity contribution in [2.24, 2.45) is 11.7 Å². The second-order valence-corrected chi connectivity index (χ2v) is 4.19. The molecular formula is C12H19NO2. The Morgan fingerprint density at radius 3 is 2.73 bits per heavy atom. The van der Waals surface area contributed by atoms with Crippen molar-refractivity contribution in [3.63, 3.8) is 0 Å². The van der Waals surface area contributed by atoms with E-state index in [0.29, 0.717) is 5.56 Å². The van der Waals surface area contributed by atoms with Gasteiger partial charge in [-0.15, -0.1) is 0 Å². The van der Waals surface area contributed by atoms with Crippen LogP contribution in [0.1, 0.15) is 43.5 Å². The summed E-state index contributed by atoms with van der Waals surface area (Å²) in [6.45, 7) is 3.94. The highest BCUT2D eigenvalue weighted by Crippen LogP contribution is 2.15. The molecule has 0 aliphatic heterocycles. The van der Waals surface area contributed by atoms with Crippen LogP contribution in [0.25, 0.3) is 0 Å². The topological polar surface area (TPSA) is 56.2 Å². The van der Waals surface area contributed by atoms with E-state index >= 15 is 0 Å². The SMILES string of the molecule is CC(N)CCCC(C)C(=O)c1ccoc1. The summed E-state index contributed by atoms with van der Waals surface area (Å²) in [7, 11) is 0. The number of carbonyl (C=O) groups is 1. The van der Waals surface area contributed by atoms with E-state index in [2.05, 4.69) is 0 Å². The first-order valence-electron chi connectivity index (χ1n) is 5.43. The number of hydrogen-bond acceptors (Lipinski definition) is 3. The third kappa shape index (κ3) is 3.88. The Balaban J connectivity index is 2.34. The van der Waals surface area contributed by atoms with Crippen LogP contribution in [-0.4, -0.2) is 11.8 Å². The lowest BCUT2D eigenvalue weighted by molar-refractivity contribution is 0.0921. The fraction of sp³-hybridized carbons (Fsp3) is 0.583. The molecule has 15 heavy (non-hydrogen) atoms. The maximum atomic E-state index is 11.8. The lowest BCUT2D eigenvalue weighted by Gasteiger charge is -2.09. The monoisotopic (exact) mass is 209 g/mol. The standard InChI is InChI=1S/C12H19NO2/c1-9(4-3-5-10(2)13)12(14)11-6-7-15-8-11/h6-10H,3-5,13H2,1-2H3. The fourth-order valence-corrected chi connectivity index (χ4v) is 1.57. The molecule has 2 N–H and O–H groups in total. The average Bonchev–Trinajstić information content (AvgIpc) is 2.68. The maximum absolute atomic E-state index is 11.8. The van der Waals surface area contributed by atoms with Gasteiger partial charge in [0.05, 0.1) is 11.8 Å². The first-order chi connectivity index (χ1) is 7.11. The van der Waals surface area contributed by atoms with Gasteiger partial charge in [-0.05, 0) is 25.8 Å². The lowest BCUT2D eigenvalue weighted by atomic mass is 9.95. The Kier molecular flexibility index (Phi) is 4.56. The molecule has 0 saturated carbocycles. The summed E-state index contributed by atoms with van der Waals surface area (Å²) < 4.78 is 4.89. The molecule has 0 saturated heterocycles. The fourth-order valence-electron chi connectivity index (χ4n) is 1.57. The Bertz CT molecular complexity index is 291. The van der Waals surface area contributed by atoms with Crippen LogP contribution >= 0.6 is 0 Å². The van der Waals surface area contributed by atoms with Crippen LogP contribution in [0.3, 0.4) is 0 Å². The smallest absolute Gasteiger partial charge is 0.168 e. The number of nitrogens with two attached hydrogens (primary N) is 1. The van der Waals surface area contributed by atoms with Crippen molar-refractivity contribution >= 4 is 5.78 Å². The number of Topliss-reactive ketones (excluding diaryl/α,β-unsaturated/α-hetero) is 1. The predicted molar refractivity (Wildman–Crippen MR) is 59.7 cm³/mol. The Morgan fingerprint density at radius 1 is 1.47 bits per heavy atom. The van der Waals surface area contributed by atoms with E-state index < -0.39 is 0 Å². The summed E-state index contributed by atoms with van der Waals surface area (Å²) in [5, 5.41) is 0. The summed E-state index contributed by atoms with van der Waals surface area (Å²) >= 11 is 0. The molecule has 0 spiro atoms. The van der Waals surface area contributed by atoms with Crippen molar-refractivity contribution in [3.8, 4) is 0 Å². The maximum Gasteiger partial charge on any atom is 0.168 e. The molecule has 3 heteroatoms. The van der Waals surface area contributed by atoms with Gasteiger partial charge in [0.15, 0.2) is 5.78 Å². The molecule has 1 aromatic heterocycles. The number of hydrogen-bond donors (Lipinski definition) is 1. The zero-order valence-corrected chi connectivity index (χ0v) is 9.40. The highest BCUT2D eigenvalue weighted by molar-refractivity contribution is 5.97. The van der Waals surface area contributed by atoms with E-state index in [4.69, 9.17) is 10.2 Å². The van der Waals surface area contributed by atoms with Crippen LogP contribution in [0.5, 0.6) is 0 Å². The first-order valence-corrected chi connectivity index (χ1v) is 5.43. The van der Waals surface area contributed by atoms with E-state index in [1.54, 1.807) is 6.07 Å². The van der Waals surface area contributed by atoms with Gasteiger partial charge in [0.2, 0.25) is 0 Å². The molecule has 0 fully saturated rings. The largest absolute Gasteiger partial charge is 0.472 e. The van der Waals surface area contributed by atoms with E-state index in [1.807, 2.05) is 13.8 Å². The van der Waals surface area contributed by atoms with E-state index in [-0.39, 0.29) is 17.7 Å². The van der Waals surface area contributed by atoms with Gasteiger partial charge < -0.3 is 10.2 Å². The second kappa shape index (κ2) is 5.71. The lowest BCUT2D eigenvalue weighted by Crippen LogP contribution is -2.16. The summed E-state index contributed by atoms with van der Waals surface area (Å²) in [5.41, 5.74) is 6.32. The summed E-state index contributed by atoms with van der Waals surface area (Å²) in [6, 6.07) is 1.94.